The second-order valence-electron chi connectivity index (χ2n) is 5.06. The van der Waals surface area contributed by atoms with Gasteiger partial charge in [-0.05, 0) is 45.2 Å². The predicted molar refractivity (Wildman–Crippen MR) is 80.8 cm³/mol. The van der Waals surface area contributed by atoms with E-state index in [2.05, 4.69) is 23.7 Å². The van der Waals surface area contributed by atoms with Crippen molar-refractivity contribution in [1.82, 2.24) is 15.0 Å². The number of fused-ring (bicyclic) bond motifs is 1. The lowest BCUT2D eigenvalue weighted by atomic mass is 10.2. The highest BCUT2D eigenvalue weighted by Crippen LogP contribution is 2.31. The second-order valence-corrected chi connectivity index (χ2v) is 5.06. The molecule has 2 aromatic rings. The highest BCUT2D eigenvalue weighted by atomic mass is 15.2. The number of pyridine rings is 1. The molecule has 0 N–H and O–H groups in total. The fraction of sp³-hybridized carbons (Fsp3) is 0.438. The number of hydrogen-bond acceptors (Lipinski definition) is 4. The SMILES string of the molecule is CCN(CC)c1nc(-c2cccnc2)nc2c1CCC2. The van der Waals surface area contributed by atoms with Crippen LogP contribution in [0.2, 0.25) is 0 Å². The van der Waals surface area contributed by atoms with Gasteiger partial charge < -0.3 is 4.90 Å². The molecule has 0 bridgehead atoms. The molecule has 1 aliphatic rings. The van der Waals surface area contributed by atoms with Gasteiger partial charge in [0.1, 0.15) is 5.82 Å². The van der Waals surface area contributed by atoms with Crippen LogP contribution in [0.1, 0.15) is 31.5 Å². The van der Waals surface area contributed by atoms with Crippen LogP contribution in [0.25, 0.3) is 11.4 Å². The molecule has 0 spiro atoms. The molecule has 104 valence electrons. The summed E-state index contributed by atoms with van der Waals surface area (Å²) in [6.45, 7) is 6.31. The molecule has 0 atom stereocenters. The minimum Gasteiger partial charge on any atom is -0.357 e. The largest absolute Gasteiger partial charge is 0.357 e. The maximum Gasteiger partial charge on any atom is 0.163 e. The first-order valence-corrected chi connectivity index (χ1v) is 7.38. The Kier molecular flexibility index (Phi) is 3.63. The van der Waals surface area contributed by atoms with Gasteiger partial charge in [0.2, 0.25) is 0 Å². The first-order valence-electron chi connectivity index (χ1n) is 7.38. The molecule has 1 aliphatic carbocycles. The molecule has 3 rings (SSSR count). The summed E-state index contributed by atoms with van der Waals surface area (Å²) in [5.74, 6) is 1.93. The molecule has 2 heterocycles. The van der Waals surface area contributed by atoms with Gasteiger partial charge >= 0.3 is 0 Å². The van der Waals surface area contributed by atoms with Crippen molar-refractivity contribution in [2.24, 2.45) is 0 Å². The van der Waals surface area contributed by atoms with E-state index in [1.165, 1.54) is 17.7 Å². The van der Waals surface area contributed by atoms with Gasteiger partial charge in [-0.2, -0.15) is 0 Å². The van der Waals surface area contributed by atoms with Gasteiger partial charge in [-0.25, -0.2) is 9.97 Å². The van der Waals surface area contributed by atoms with Crippen LogP contribution in [0, 0.1) is 0 Å². The quantitative estimate of drug-likeness (QED) is 0.855. The van der Waals surface area contributed by atoms with E-state index in [1.807, 2.05) is 18.3 Å². The topological polar surface area (TPSA) is 41.9 Å². The molecule has 2 aromatic heterocycles. The standard InChI is InChI=1S/C16H20N4/c1-3-20(4-2)16-13-8-5-9-14(13)18-15(19-16)12-7-6-10-17-11-12/h6-7,10-11H,3-5,8-9H2,1-2H3. The van der Waals surface area contributed by atoms with Crippen molar-refractivity contribution in [3.63, 3.8) is 0 Å². The van der Waals surface area contributed by atoms with Gasteiger partial charge in [0.25, 0.3) is 0 Å². The van der Waals surface area contributed by atoms with Crippen LogP contribution in [-0.4, -0.2) is 28.0 Å². The second kappa shape index (κ2) is 5.57. The third kappa shape index (κ3) is 2.26. The van der Waals surface area contributed by atoms with Crippen LogP contribution >= 0.6 is 0 Å². The fourth-order valence-electron chi connectivity index (χ4n) is 2.82. The molecule has 0 radical (unpaired) electrons. The van der Waals surface area contributed by atoms with E-state index in [0.29, 0.717) is 0 Å². The van der Waals surface area contributed by atoms with E-state index in [0.717, 1.165) is 43.1 Å². The zero-order valence-electron chi connectivity index (χ0n) is 12.1. The smallest absolute Gasteiger partial charge is 0.163 e. The third-order valence-electron chi connectivity index (χ3n) is 3.89. The van der Waals surface area contributed by atoms with E-state index in [-0.39, 0.29) is 0 Å². The van der Waals surface area contributed by atoms with Gasteiger partial charge in [-0.1, -0.05) is 0 Å². The zero-order valence-corrected chi connectivity index (χ0v) is 12.1. The normalized spacial score (nSPS) is 13.3. The van der Waals surface area contributed by atoms with Crippen LogP contribution in [0.5, 0.6) is 0 Å². The molecule has 0 unspecified atom stereocenters. The van der Waals surface area contributed by atoms with E-state index >= 15 is 0 Å². The minimum atomic E-state index is 0.806. The van der Waals surface area contributed by atoms with Gasteiger partial charge in [-0.15, -0.1) is 0 Å². The number of rotatable bonds is 4. The highest BCUT2D eigenvalue weighted by Gasteiger charge is 2.22. The molecule has 0 saturated heterocycles. The summed E-state index contributed by atoms with van der Waals surface area (Å²) in [4.78, 5) is 16.1. The maximum absolute atomic E-state index is 4.83. The summed E-state index contributed by atoms with van der Waals surface area (Å²) < 4.78 is 0. The zero-order chi connectivity index (χ0) is 13.9. The predicted octanol–water partition coefficient (Wildman–Crippen LogP) is 2.87. The minimum absolute atomic E-state index is 0.806. The average Bonchev–Trinajstić information content (AvgIpc) is 2.97. The van der Waals surface area contributed by atoms with E-state index in [1.54, 1.807) is 6.20 Å². The first kappa shape index (κ1) is 13.0. The summed E-state index contributed by atoms with van der Waals surface area (Å²) in [7, 11) is 0. The molecule has 0 saturated carbocycles. The Balaban J connectivity index is 2.12. The lowest BCUT2D eigenvalue weighted by Gasteiger charge is -2.23. The van der Waals surface area contributed by atoms with E-state index < -0.39 is 0 Å². The Morgan fingerprint density at radius 3 is 2.70 bits per heavy atom. The lowest BCUT2D eigenvalue weighted by Crippen LogP contribution is -2.25. The summed E-state index contributed by atoms with van der Waals surface area (Å²) >= 11 is 0. The number of aromatic nitrogens is 3. The Labute approximate surface area is 119 Å². The van der Waals surface area contributed by atoms with Gasteiger partial charge in [0.15, 0.2) is 5.82 Å². The Hall–Kier alpha value is -1.97. The highest BCUT2D eigenvalue weighted by molar-refractivity contribution is 5.60. The number of nitrogens with zero attached hydrogens (tertiary/aromatic N) is 4. The summed E-state index contributed by atoms with van der Waals surface area (Å²) in [6.07, 6.45) is 6.98. The first-order chi connectivity index (χ1) is 9.83. The fourth-order valence-corrected chi connectivity index (χ4v) is 2.82. The van der Waals surface area contributed by atoms with Crippen molar-refractivity contribution < 1.29 is 0 Å². The van der Waals surface area contributed by atoms with Crippen molar-refractivity contribution in [2.45, 2.75) is 33.1 Å². The maximum atomic E-state index is 4.83. The summed E-state index contributed by atoms with van der Waals surface area (Å²) in [5.41, 5.74) is 3.57. The Bertz CT molecular complexity index is 591. The molecule has 0 aliphatic heterocycles. The van der Waals surface area contributed by atoms with Crippen LogP contribution in [0.3, 0.4) is 0 Å². The molecule has 0 amide bonds. The van der Waals surface area contributed by atoms with E-state index in [4.69, 9.17) is 9.97 Å². The van der Waals surface area contributed by atoms with Crippen molar-refractivity contribution in [2.75, 3.05) is 18.0 Å². The summed E-state index contributed by atoms with van der Waals surface area (Å²) in [6, 6.07) is 3.96. The van der Waals surface area contributed by atoms with Crippen molar-refractivity contribution >= 4 is 5.82 Å². The number of hydrogen-bond donors (Lipinski definition) is 0. The molecule has 20 heavy (non-hydrogen) atoms. The van der Waals surface area contributed by atoms with Gasteiger partial charge in [0.05, 0.1) is 0 Å². The number of aryl methyl sites for hydroxylation is 1. The van der Waals surface area contributed by atoms with E-state index in [9.17, 15) is 0 Å². The number of anilines is 1. The summed E-state index contributed by atoms with van der Waals surface area (Å²) in [5, 5.41) is 0. The molecule has 4 heteroatoms. The van der Waals surface area contributed by atoms with Crippen LogP contribution < -0.4 is 4.90 Å². The average molecular weight is 268 g/mol. The van der Waals surface area contributed by atoms with Gasteiger partial charge in [-0.3, -0.25) is 4.98 Å². The molecule has 0 aromatic carbocycles. The van der Waals surface area contributed by atoms with Gasteiger partial charge in [0, 0.05) is 42.3 Å². The molecule has 0 fully saturated rings. The monoisotopic (exact) mass is 268 g/mol. The van der Waals surface area contributed by atoms with Crippen molar-refractivity contribution in [1.29, 1.82) is 0 Å². The van der Waals surface area contributed by atoms with Crippen molar-refractivity contribution in [3.05, 3.63) is 35.8 Å². The lowest BCUT2D eigenvalue weighted by molar-refractivity contribution is 0.829. The van der Waals surface area contributed by atoms with Crippen LogP contribution in [0.4, 0.5) is 5.82 Å². The third-order valence-corrected chi connectivity index (χ3v) is 3.89. The molecular formula is C16H20N4. The van der Waals surface area contributed by atoms with Crippen LogP contribution in [0.15, 0.2) is 24.5 Å². The van der Waals surface area contributed by atoms with Crippen molar-refractivity contribution in [3.8, 4) is 11.4 Å². The Morgan fingerprint density at radius 1 is 1.15 bits per heavy atom. The van der Waals surface area contributed by atoms with Crippen LogP contribution in [-0.2, 0) is 12.8 Å². The molecular weight excluding hydrogens is 248 g/mol. The Morgan fingerprint density at radius 2 is 2.00 bits per heavy atom. The molecule has 4 nitrogen and oxygen atoms in total.